The van der Waals surface area contributed by atoms with E-state index >= 15 is 0 Å². The second-order valence-electron chi connectivity index (χ2n) is 3.33. The Kier molecular flexibility index (Phi) is 2.65. The fraction of sp³-hybridized carbons (Fsp3) is 0.273. The molecule has 1 N–H and O–H groups in total. The predicted molar refractivity (Wildman–Crippen MR) is 59.7 cm³/mol. The molecule has 15 heavy (non-hydrogen) atoms. The summed E-state index contributed by atoms with van der Waals surface area (Å²) < 4.78 is 0. The van der Waals surface area contributed by atoms with Crippen LogP contribution in [-0.2, 0) is 4.79 Å². The lowest BCUT2D eigenvalue weighted by Gasteiger charge is -2.22. The third kappa shape index (κ3) is 1.83. The zero-order valence-corrected chi connectivity index (χ0v) is 9.10. The first-order chi connectivity index (χ1) is 7.24. The van der Waals surface area contributed by atoms with Crippen molar-refractivity contribution >= 4 is 23.4 Å². The molecule has 4 heteroatoms. The third-order valence-electron chi connectivity index (χ3n) is 2.30. The van der Waals surface area contributed by atoms with Crippen molar-refractivity contribution in [3.05, 3.63) is 23.8 Å². The van der Waals surface area contributed by atoms with Gasteiger partial charge in [0.2, 0.25) is 5.91 Å². The predicted octanol–water partition coefficient (Wildman–Crippen LogP) is 2.38. The number of nitrogens with zero attached hydrogens (tertiary/aromatic N) is 1. The minimum absolute atomic E-state index is 0.0357. The first-order valence-corrected chi connectivity index (χ1v) is 5.64. The molecule has 1 heterocycles. The second kappa shape index (κ2) is 3.95. The number of thioether (sulfide) groups is 1. The van der Waals surface area contributed by atoms with E-state index in [9.17, 15) is 4.79 Å². The Morgan fingerprint density at radius 2 is 2.40 bits per heavy atom. The van der Waals surface area contributed by atoms with Crippen molar-refractivity contribution in [2.75, 3.05) is 5.32 Å². The molecule has 1 aliphatic rings. The Bertz CT molecular complexity index is 450. The van der Waals surface area contributed by atoms with Gasteiger partial charge in [-0.05, 0) is 24.6 Å². The maximum Gasteiger partial charge on any atom is 0.237 e. The summed E-state index contributed by atoms with van der Waals surface area (Å²) >= 11 is 1.53. The molecule has 1 amide bonds. The number of rotatable bonds is 1. The molecular formula is C11H10N2OS. The van der Waals surface area contributed by atoms with Gasteiger partial charge in [0.05, 0.1) is 22.6 Å². The third-order valence-corrected chi connectivity index (χ3v) is 3.72. The lowest BCUT2D eigenvalue weighted by atomic mass is 10.2. The molecule has 0 aliphatic carbocycles. The molecule has 2 rings (SSSR count). The van der Waals surface area contributed by atoms with E-state index < -0.39 is 0 Å². The fourth-order valence-electron chi connectivity index (χ4n) is 1.48. The molecule has 1 unspecified atom stereocenters. The molecule has 0 aromatic heterocycles. The van der Waals surface area contributed by atoms with Crippen molar-refractivity contribution in [1.29, 1.82) is 5.26 Å². The number of amides is 1. The molecule has 1 atom stereocenters. The van der Waals surface area contributed by atoms with E-state index in [-0.39, 0.29) is 11.2 Å². The van der Waals surface area contributed by atoms with Crippen LogP contribution < -0.4 is 5.32 Å². The summed E-state index contributed by atoms with van der Waals surface area (Å²) in [5.41, 5.74) is 1.45. The summed E-state index contributed by atoms with van der Waals surface area (Å²) in [5, 5.41) is 11.6. The van der Waals surface area contributed by atoms with Crippen molar-refractivity contribution in [2.24, 2.45) is 0 Å². The van der Waals surface area contributed by atoms with Crippen molar-refractivity contribution in [2.45, 2.75) is 23.5 Å². The van der Waals surface area contributed by atoms with Gasteiger partial charge in [0.25, 0.3) is 0 Å². The molecule has 1 aromatic rings. The average Bonchev–Trinajstić information content (AvgIpc) is 2.27. The van der Waals surface area contributed by atoms with Gasteiger partial charge in [0.1, 0.15) is 0 Å². The smallest absolute Gasteiger partial charge is 0.237 e. The molecule has 0 spiro atoms. The van der Waals surface area contributed by atoms with Crippen LogP contribution in [0.25, 0.3) is 0 Å². The number of hydrogen-bond donors (Lipinski definition) is 1. The fourth-order valence-corrected chi connectivity index (χ4v) is 2.56. The first kappa shape index (κ1) is 10.1. The van der Waals surface area contributed by atoms with Gasteiger partial charge in [-0.15, -0.1) is 11.8 Å². The Labute approximate surface area is 92.5 Å². The van der Waals surface area contributed by atoms with Crippen LogP contribution in [0.3, 0.4) is 0 Å². The zero-order chi connectivity index (χ0) is 10.8. The Morgan fingerprint density at radius 1 is 1.60 bits per heavy atom. The van der Waals surface area contributed by atoms with Gasteiger partial charge >= 0.3 is 0 Å². The van der Waals surface area contributed by atoms with Gasteiger partial charge in [0, 0.05) is 4.90 Å². The Balaban J connectivity index is 2.38. The van der Waals surface area contributed by atoms with Crippen molar-refractivity contribution in [3.8, 4) is 6.07 Å². The number of benzene rings is 1. The number of anilines is 1. The van der Waals surface area contributed by atoms with Gasteiger partial charge in [-0.2, -0.15) is 5.26 Å². The normalized spacial score (nSPS) is 18.9. The van der Waals surface area contributed by atoms with Crippen LogP contribution in [0, 0.1) is 11.3 Å². The summed E-state index contributed by atoms with van der Waals surface area (Å²) in [5.74, 6) is 0.0553. The minimum atomic E-state index is -0.0357. The number of hydrogen-bond acceptors (Lipinski definition) is 3. The summed E-state index contributed by atoms with van der Waals surface area (Å²) in [6.45, 7) is 1.98. The van der Waals surface area contributed by atoms with Crippen LogP contribution in [0.15, 0.2) is 23.1 Å². The topological polar surface area (TPSA) is 52.9 Å². The van der Waals surface area contributed by atoms with Crippen LogP contribution in [0.2, 0.25) is 0 Å². The van der Waals surface area contributed by atoms with E-state index in [1.807, 2.05) is 13.0 Å². The highest BCUT2D eigenvalue weighted by Gasteiger charge is 2.25. The lowest BCUT2D eigenvalue weighted by Crippen LogP contribution is -2.28. The molecule has 1 aromatic carbocycles. The zero-order valence-electron chi connectivity index (χ0n) is 8.28. The molecule has 0 saturated heterocycles. The quantitative estimate of drug-likeness (QED) is 0.787. The van der Waals surface area contributed by atoms with Crippen LogP contribution >= 0.6 is 11.8 Å². The first-order valence-electron chi connectivity index (χ1n) is 4.76. The summed E-state index contributed by atoms with van der Waals surface area (Å²) in [4.78, 5) is 12.5. The molecule has 0 fully saturated rings. The van der Waals surface area contributed by atoms with Gasteiger partial charge < -0.3 is 5.32 Å². The number of carbonyl (C=O) groups excluding carboxylic acids is 1. The van der Waals surface area contributed by atoms with Crippen LogP contribution in [0.4, 0.5) is 5.69 Å². The largest absolute Gasteiger partial charge is 0.324 e. The van der Waals surface area contributed by atoms with E-state index in [1.54, 1.807) is 12.1 Å². The van der Waals surface area contributed by atoms with Gasteiger partial charge in [0.15, 0.2) is 0 Å². The van der Waals surface area contributed by atoms with Crippen LogP contribution in [-0.4, -0.2) is 11.2 Å². The van der Waals surface area contributed by atoms with Crippen LogP contribution in [0.5, 0.6) is 0 Å². The number of fused-ring (bicyclic) bond motifs is 1. The standard InChI is InChI=1S/C11H10N2OS/c1-2-9-11(14)13-8-4-3-7(6-12)5-10(8)15-9/h3-5,9H,2H2,1H3,(H,13,14). The van der Waals surface area contributed by atoms with Gasteiger partial charge in [-0.1, -0.05) is 6.92 Å². The van der Waals surface area contributed by atoms with E-state index in [4.69, 9.17) is 5.26 Å². The molecule has 1 aliphatic heterocycles. The Morgan fingerprint density at radius 3 is 3.07 bits per heavy atom. The van der Waals surface area contributed by atoms with Gasteiger partial charge in [-0.25, -0.2) is 0 Å². The Hall–Kier alpha value is -1.47. The maximum absolute atomic E-state index is 11.5. The van der Waals surface area contributed by atoms with Crippen molar-refractivity contribution < 1.29 is 4.79 Å². The summed E-state index contributed by atoms with van der Waals surface area (Å²) in [6, 6.07) is 7.41. The molecule has 0 saturated carbocycles. The lowest BCUT2D eigenvalue weighted by molar-refractivity contribution is -0.115. The summed E-state index contributed by atoms with van der Waals surface area (Å²) in [7, 11) is 0. The van der Waals surface area contributed by atoms with Gasteiger partial charge in [-0.3, -0.25) is 4.79 Å². The number of carbonyl (C=O) groups is 1. The second-order valence-corrected chi connectivity index (χ2v) is 4.57. The van der Waals surface area contributed by atoms with E-state index in [2.05, 4.69) is 11.4 Å². The van der Waals surface area contributed by atoms with E-state index in [0.29, 0.717) is 5.56 Å². The highest BCUT2D eigenvalue weighted by Crippen LogP contribution is 2.37. The maximum atomic E-state index is 11.5. The highest BCUT2D eigenvalue weighted by molar-refractivity contribution is 8.01. The molecular weight excluding hydrogens is 208 g/mol. The van der Waals surface area contributed by atoms with E-state index in [1.165, 1.54) is 11.8 Å². The minimum Gasteiger partial charge on any atom is -0.324 e. The summed E-state index contributed by atoms with van der Waals surface area (Å²) in [6.07, 6.45) is 0.798. The monoisotopic (exact) mass is 218 g/mol. The molecule has 0 bridgehead atoms. The molecule has 0 radical (unpaired) electrons. The average molecular weight is 218 g/mol. The number of nitriles is 1. The van der Waals surface area contributed by atoms with E-state index in [0.717, 1.165) is 17.0 Å². The highest BCUT2D eigenvalue weighted by atomic mass is 32.2. The van der Waals surface area contributed by atoms with Crippen molar-refractivity contribution in [3.63, 3.8) is 0 Å². The van der Waals surface area contributed by atoms with Crippen molar-refractivity contribution in [1.82, 2.24) is 0 Å². The van der Waals surface area contributed by atoms with Crippen LogP contribution in [0.1, 0.15) is 18.9 Å². The molecule has 3 nitrogen and oxygen atoms in total. The molecule has 76 valence electrons. The number of nitrogens with one attached hydrogen (secondary N) is 1. The SMILES string of the molecule is CCC1Sc2cc(C#N)ccc2NC1=O.